The Bertz CT molecular complexity index is 410. The van der Waals surface area contributed by atoms with Crippen molar-refractivity contribution in [3.05, 3.63) is 40.9 Å². The third kappa shape index (κ3) is 7.65. The maximum absolute atomic E-state index is 5.96. The fourth-order valence-electron chi connectivity index (χ4n) is 1.99. The van der Waals surface area contributed by atoms with Crippen LogP contribution in [-0.2, 0) is 11.3 Å². The summed E-state index contributed by atoms with van der Waals surface area (Å²) in [6, 6.07) is 6.15. The number of rotatable bonds is 12. The molecule has 3 nitrogen and oxygen atoms in total. The number of ether oxygens (including phenoxy) is 2. The largest absolute Gasteiger partial charge is 0.492 e. The molecular weight excluding hydrogens is 330 g/mol. The molecule has 1 rings (SSSR count). The second kappa shape index (κ2) is 11.8. The van der Waals surface area contributed by atoms with Gasteiger partial charge in [0.05, 0.1) is 17.7 Å². The van der Waals surface area contributed by atoms with Crippen molar-refractivity contribution in [3.8, 4) is 5.75 Å². The first-order valence-corrected chi connectivity index (χ1v) is 8.29. The van der Waals surface area contributed by atoms with Gasteiger partial charge in [0.1, 0.15) is 5.75 Å². The van der Waals surface area contributed by atoms with E-state index in [1.165, 1.54) is 18.4 Å². The van der Waals surface area contributed by atoms with E-state index in [0.717, 1.165) is 42.8 Å². The average Bonchev–Trinajstić information content (AvgIpc) is 2.49. The van der Waals surface area contributed by atoms with Crippen LogP contribution in [0.25, 0.3) is 0 Å². The van der Waals surface area contributed by atoms with Gasteiger partial charge in [-0.15, -0.1) is 6.58 Å². The highest BCUT2D eigenvalue weighted by molar-refractivity contribution is 9.10. The van der Waals surface area contributed by atoms with Crippen molar-refractivity contribution in [1.82, 2.24) is 5.32 Å². The first kappa shape index (κ1) is 18.2. The predicted molar refractivity (Wildman–Crippen MR) is 91.9 cm³/mol. The summed E-state index contributed by atoms with van der Waals surface area (Å²) in [5.41, 5.74) is 1.17. The monoisotopic (exact) mass is 355 g/mol. The predicted octanol–water partition coefficient (Wildman–Crippen LogP) is 4.31. The maximum Gasteiger partial charge on any atom is 0.137 e. The SMILES string of the molecule is C=CCCCCCOc1c(Br)cccc1CNCCOC. The van der Waals surface area contributed by atoms with E-state index in [9.17, 15) is 0 Å². The van der Waals surface area contributed by atoms with Crippen LogP contribution < -0.4 is 10.1 Å². The molecule has 0 heterocycles. The molecule has 0 aliphatic heterocycles. The fourth-order valence-corrected chi connectivity index (χ4v) is 2.52. The van der Waals surface area contributed by atoms with Gasteiger partial charge in [0.25, 0.3) is 0 Å². The molecule has 0 spiro atoms. The van der Waals surface area contributed by atoms with Crippen molar-refractivity contribution in [2.75, 3.05) is 26.9 Å². The zero-order valence-electron chi connectivity index (χ0n) is 12.9. The molecule has 0 aliphatic carbocycles. The van der Waals surface area contributed by atoms with Crippen molar-refractivity contribution in [2.24, 2.45) is 0 Å². The van der Waals surface area contributed by atoms with Gasteiger partial charge in [0.2, 0.25) is 0 Å². The van der Waals surface area contributed by atoms with E-state index in [0.29, 0.717) is 6.61 Å². The van der Waals surface area contributed by atoms with Crippen LogP contribution in [0.15, 0.2) is 35.3 Å². The van der Waals surface area contributed by atoms with Crippen LogP contribution in [0.1, 0.15) is 31.2 Å². The van der Waals surface area contributed by atoms with E-state index >= 15 is 0 Å². The number of unbranched alkanes of at least 4 members (excludes halogenated alkanes) is 3. The number of methoxy groups -OCH3 is 1. The van der Waals surface area contributed by atoms with Crippen LogP contribution in [0.5, 0.6) is 5.75 Å². The molecule has 0 radical (unpaired) electrons. The molecule has 0 fully saturated rings. The normalized spacial score (nSPS) is 10.6. The van der Waals surface area contributed by atoms with Crippen molar-refractivity contribution < 1.29 is 9.47 Å². The molecular formula is C17H26BrNO2. The van der Waals surface area contributed by atoms with Gasteiger partial charge < -0.3 is 14.8 Å². The third-order valence-corrected chi connectivity index (χ3v) is 3.77. The lowest BCUT2D eigenvalue weighted by Gasteiger charge is -2.14. The van der Waals surface area contributed by atoms with Crippen LogP contribution in [-0.4, -0.2) is 26.9 Å². The summed E-state index contributed by atoms with van der Waals surface area (Å²) in [6.45, 7) is 6.83. The summed E-state index contributed by atoms with van der Waals surface area (Å²) in [4.78, 5) is 0. The van der Waals surface area contributed by atoms with E-state index in [1.54, 1.807) is 7.11 Å². The fraction of sp³-hybridized carbons (Fsp3) is 0.529. The molecule has 0 aromatic heterocycles. The summed E-state index contributed by atoms with van der Waals surface area (Å²) >= 11 is 3.57. The Kier molecular flexibility index (Phi) is 10.2. The van der Waals surface area contributed by atoms with Crippen LogP contribution >= 0.6 is 15.9 Å². The molecule has 0 amide bonds. The Hall–Kier alpha value is -0.840. The summed E-state index contributed by atoms with van der Waals surface area (Å²) in [7, 11) is 1.71. The standard InChI is InChI=1S/C17H26BrNO2/c1-3-4-5-6-7-12-21-17-15(9-8-10-16(17)18)14-19-11-13-20-2/h3,8-10,19H,1,4-7,11-14H2,2H3. The summed E-state index contributed by atoms with van der Waals surface area (Å²) in [5, 5.41) is 3.35. The first-order chi connectivity index (χ1) is 10.3. The van der Waals surface area contributed by atoms with Crippen molar-refractivity contribution in [2.45, 2.75) is 32.2 Å². The minimum Gasteiger partial charge on any atom is -0.492 e. The number of hydrogen-bond acceptors (Lipinski definition) is 3. The van der Waals surface area contributed by atoms with Gasteiger partial charge in [-0.05, 0) is 47.7 Å². The molecule has 0 saturated carbocycles. The van der Waals surface area contributed by atoms with Crippen LogP contribution in [0.3, 0.4) is 0 Å². The van der Waals surface area contributed by atoms with Gasteiger partial charge in [-0.1, -0.05) is 18.2 Å². The minimum absolute atomic E-state index is 0.716. The molecule has 21 heavy (non-hydrogen) atoms. The molecule has 0 saturated heterocycles. The van der Waals surface area contributed by atoms with E-state index < -0.39 is 0 Å². The lowest BCUT2D eigenvalue weighted by Crippen LogP contribution is -2.19. The van der Waals surface area contributed by atoms with Crippen molar-refractivity contribution in [3.63, 3.8) is 0 Å². The highest BCUT2D eigenvalue weighted by atomic mass is 79.9. The molecule has 0 aliphatic rings. The molecule has 1 aromatic rings. The summed E-state index contributed by atoms with van der Waals surface area (Å²) in [6.07, 6.45) is 6.50. The van der Waals surface area contributed by atoms with Crippen LogP contribution in [0, 0.1) is 0 Å². The number of allylic oxidation sites excluding steroid dienone is 1. The van der Waals surface area contributed by atoms with Gasteiger partial charge in [0, 0.05) is 25.8 Å². The summed E-state index contributed by atoms with van der Waals surface area (Å²) < 4.78 is 12.0. The Morgan fingerprint density at radius 3 is 2.86 bits per heavy atom. The highest BCUT2D eigenvalue weighted by Gasteiger charge is 2.07. The number of hydrogen-bond donors (Lipinski definition) is 1. The molecule has 1 N–H and O–H groups in total. The van der Waals surface area contributed by atoms with Gasteiger partial charge in [-0.3, -0.25) is 0 Å². The number of benzene rings is 1. The number of para-hydroxylation sites is 1. The molecule has 1 aromatic carbocycles. The van der Waals surface area contributed by atoms with E-state index in [1.807, 2.05) is 18.2 Å². The smallest absolute Gasteiger partial charge is 0.137 e. The summed E-state index contributed by atoms with van der Waals surface area (Å²) in [5.74, 6) is 0.950. The van der Waals surface area contributed by atoms with Crippen LogP contribution in [0.2, 0.25) is 0 Å². The minimum atomic E-state index is 0.716. The first-order valence-electron chi connectivity index (χ1n) is 7.50. The number of halogens is 1. The van der Waals surface area contributed by atoms with E-state index in [2.05, 4.69) is 33.9 Å². The molecule has 0 atom stereocenters. The Labute approximate surface area is 136 Å². The second-order valence-electron chi connectivity index (χ2n) is 4.88. The molecule has 0 unspecified atom stereocenters. The lowest BCUT2D eigenvalue weighted by atomic mass is 10.2. The van der Waals surface area contributed by atoms with Gasteiger partial charge in [-0.2, -0.15) is 0 Å². The topological polar surface area (TPSA) is 30.5 Å². The van der Waals surface area contributed by atoms with E-state index in [4.69, 9.17) is 9.47 Å². The lowest BCUT2D eigenvalue weighted by molar-refractivity contribution is 0.199. The maximum atomic E-state index is 5.96. The molecule has 0 bridgehead atoms. The van der Waals surface area contributed by atoms with Gasteiger partial charge >= 0.3 is 0 Å². The molecule has 4 heteroatoms. The average molecular weight is 356 g/mol. The van der Waals surface area contributed by atoms with Crippen LogP contribution in [0.4, 0.5) is 0 Å². The van der Waals surface area contributed by atoms with E-state index in [-0.39, 0.29) is 0 Å². The Balaban J connectivity index is 2.41. The van der Waals surface area contributed by atoms with Gasteiger partial charge in [0.15, 0.2) is 0 Å². The highest BCUT2D eigenvalue weighted by Crippen LogP contribution is 2.29. The Morgan fingerprint density at radius 2 is 2.10 bits per heavy atom. The third-order valence-electron chi connectivity index (χ3n) is 3.15. The van der Waals surface area contributed by atoms with Gasteiger partial charge in [-0.25, -0.2) is 0 Å². The second-order valence-corrected chi connectivity index (χ2v) is 5.74. The molecule has 118 valence electrons. The Morgan fingerprint density at radius 1 is 1.24 bits per heavy atom. The van der Waals surface area contributed by atoms with Crippen molar-refractivity contribution >= 4 is 15.9 Å². The number of nitrogens with one attached hydrogen (secondary N) is 1. The van der Waals surface area contributed by atoms with Crippen molar-refractivity contribution in [1.29, 1.82) is 0 Å². The zero-order chi connectivity index (χ0) is 15.3. The zero-order valence-corrected chi connectivity index (χ0v) is 14.5. The quantitative estimate of drug-likeness (QED) is 0.447.